The molecular weight excluding hydrogens is 286 g/mol. The zero-order valence-electron chi connectivity index (χ0n) is 14.0. The molecule has 0 unspecified atom stereocenters. The summed E-state index contributed by atoms with van der Waals surface area (Å²) in [5, 5.41) is 13.6. The minimum absolute atomic E-state index is 0.0302. The van der Waals surface area contributed by atoms with Crippen LogP contribution in [0, 0.1) is 16.7 Å². The molecule has 0 atom stereocenters. The van der Waals surface area contributed by atoms with Gasteiger partial charge in [-0.25, -0.2) is 0 Å². The highest BCUT2D eigenvalue weighted by molar-refractivity contribution is 5.99. The zero-order chi connectivity index (χ0) is 16.6. The van der Waals surface area contributed by atoms with Crippen molar-refractivity contribution in [2.75, 3.05) is 5.32 Å². The van der Waals surface area contributed by atoms with E-state index < -0.39 is 0 Å². The third-order valence-corrected chi connectivity index (χ3v) is 4.41. The van der Waals surface area contributed by atoms with Crippen LogP contribution in [0.25, 0.3) is 10.9 Å². The van der Waals surface area contributed by atoms with Gasteiger partial charge in [0.15, 0.2) is 0 Å². The normalized spacial score (nSPS) is 15.2. The number of fused-ring (bicyclic) bond motifs is 1. The number of carbonyl (C=O) groups excluding carboxylic acids is 1. The molecule has 1 aromatic heterocycles. The van der Waals surface area contributed by atoms with E-state index >= 15 is 0 Å². The van der Waals surface area contributed by atoms with E-state index in [1.165, 1.54) is 6.42 Å². The molecule has 1 N–H and O–H groups in total. The van der Waals surface area contributed by atoms with Gasteiger partial charge >= 0.3 is 0 Å². The van der Waals surface area contributed by atoms with Crippen LogP contribution in [0.5, 0.6) is 0 Å². The maximum Gasteiger partial charge on any atom is 0.226 e. The van der Waals surface area contributed by atoms with Crippen molar-refractivity contribution in [1.29, 1.82) is 5.26 Å². The molecule has 0 saturated heterocycles. The average molecular weight is 309 g/mol. The first-order chi connectivity index (χ1) is 10.9. The Kier molecular flexibility index (Phi) is 3.89. The fourth-order valence-electron chi connectivity index (χ4n) is 3.18. The molecule has 0 radical (unpaired) electrons. The third kappa shape index (κ3) is 2.96. The standard InChI is InChI=1S/C19H23N3O/c1-19(2,3)11-17(23)21-18-15(12-20)14-9-4-5-10-16(14)22(18)13-7-6-8-13/h4-5,9-10,13H,6-8,11H2,1-3H3,(H,21,23). The highest BCUT2D eigenvalue weighted by Crippen LogP contribution is 2.41. The lowest BCUT2D eigenvalue weighted by Gasteiger charge is -2.30. The predicted octanol–water partition coefficient (Wildman–Crippen LogP) is 4.61. The van der Waals surface area contributed by atoms with Crippen LogP contribution in [0.3, 0.4) is 0 Å². The Morgan fingerprint density at radius 2 is 2.04 bits per heavy atom. The summed E-state index contributed by atoms with van der Waals surface area (Å²) < 4.78 is 2.16. The number of hydrogen-bond donors (Lipinski definition) is 1. The molecule has 0 aliphatic heterocycles. The Bertz CT molecular complexity index is 785. The molecule has 0 bridgehead atoms. The smallest absolute Gasteiger partial charge is 0.226 e. The van der Waals surface area contributed by atoms with Gasteiger partial charge in [0.2, 0.25) is 5.91 Å². The highest BCUT2D eigenvalue weighted by Gasteiger charge is 2.28. The number of para-hydroxylation sites is 1. The molecule has 3 rings (SSSR count). The Labute approximate surface area is 137 Å². The minimum atomic E-state index is -0.0792. The van der Waals surface area contributed by atoms with Crippen molar-refractivity contribution in [2.45, 2.75) is 52.5 Å². The summed E-state index contributed by atoms with van der Waals surface area (Å²) in [5.74, 6) is 0.644. The summed E-state index contributed by atoms with van der Waals surface area (Å²) in [5.41, 5.74) is 1.54. The van der Waals surface area contributed by atoms with Crippen LogP contribution >= 0.6 is 0 Å². The molecule has 0 spiro atoms. The van der Waals surface area contributed by atoms with Crippen molar-refractivity contribution in [1.82, 2.24) is 4.57 Å². The molecule has 1 fully saturated rings. The quantitative estimate of drug-likeness (QED) is 0.900. The lowest BCUT2D eigenvalue weighted by atomic mass is 9.92. The first kappa shape index (κ1) is 15.6. The second-order valence-corrected chi connectivity index (χ2v) is 7.59. The third-order valence-electron chi connectivity index (χ3n) is 4.41. The van der Waals surface area contributed by atoms with Crippen molar-refractivity contribution in [3.8, 4) is 6.07 Å². The van der Waals surface area contributed by atoms with E-state index in [4.69, 9.17) is 0 Å². The van der Waals surface area contributed by atoms with Crippen LogP contribution in [-0.2, 0) is 4.79 Å². The number of anilines is 1. The van der Waals surface area contributed by atoms with Gasteiger partial charge in [-0.05, 0) is 30.7 Å². The number of hydrogen-bond acceptors (Lipinski definition) is 2. The number of carbonyl (C=O) groups is 1. The van der Waals surface area contributed by atoms with Crippen molar-refractivity contribution in [2.24, 2.45) is 5.41 Å². The lowest BCUT2D eigenvalue weighted by molar-refractivity contribution is -0.117. The second-order valence-electron chi connectivity index (χ2n) is 7.59. The largest absolute Gasteiger partial charge is 0.323 e. The molecule has 1 saturated carbocycles. The van der Waals surface area contributed by atoms with E-state index in [-0.39, 0.29) is 11.3 Å². The van der Waals surface area contributed by atoms with Crippen LogP contribution in [0.1, 0.15) is 58.1 Å². The number of aromatic nitrogens is 1. The van der Waals surface area contributed by atoms with Gasteiger partial charge in [0.1, 0.15) is 17.5 Å². The summed E-state index contributed by atoms with van der Waals surface area (Å²) in [4.78, 5) is 12.4. The van der Waals surface area contributed by atoms with Gasteiger partial charge in [-0.1, -0.05) is 39.0 Å². The summed E-state index contributed by atoms with van der Waals surface area (Å²) in [6.07, 6.45) is 3.84. The number of nitrogens with one attached hydrogen (secondary N) is 1. The summed E-state index contributed by atoms with van der Waals surface area (Å²) in [6.45, 7) is 6.12. The predicted molar refractivity (Wildman–Crippen MR) is 92.2 cm³/mol. The van der Waals surface area contributed by atoms with E-state index in [9.17, 15) is 10.1 Å². The van der Waals surface area contributed by atoms with Gasteiger partial charge in [0.25, 0.3) is 0 Å². The Morgan fingerprint density at radius 3 is 2.61 bits per heavy atom. The van der Waals surface area contributed by atoms with Crippen LogP contribution in [0.2, 0.25) is 0 Å². The molecular formula is C19H23N3O. The molecule has 4 nitrogen and oxygen atoms in total. The fourth-order valence-corrected chi connectivity index (χ4v) is 3.18. The molecule has 2 aromatic rings. The Balaban J connectivity index is 2.07. The molecule has 23 heavy (non-hydrogen) atoms. The second kappa shape index (κ2) is 5.73. The van der Waals surface area contributed by atoms with Gasteiger partial charge in [-0.2, -0.15) is 5.26 Å². The Morgan fingerprint density at radius 1 is 1.35 bits per heavy atom. The van der Waals surface area contributed by atoms with Crippen molar-refractivity contribution in [3.05, 3.63) is 29.8 Å². The topological polar surface area (TPSA) is 57.8 Å². The molecule has 1 amide bonds. The van der Waals surface area contributed by atoms with E-state index in [1.807, 2.05) is 45.0 Å². The number of benzene rings is 1. The molecule has 1 aliphatic carbocycles. The summed E-state index contributed by atoms with van der Waals surface area (Å²) in [7, 11) is 0. The van der Waals surface area contributed by atoms with E-state index in [2.05, 4.69) is 16.0 Å². The van der Waals surface area contributed by atoms with Crippen molar-refractivity contribution >= 4 is 22.6 Å². The van der Waals surface area contributed by atoms with E-state index in [0.29, 0.717) is 23.8 Å². The monoisotopic (exact) mass is 309 g/mol. The summed E-state index contributed by atoms with van der Waals surface area (Å²) in [6, 6.07) is 10.6. The fraction of sp³-hybridized carbons (Fsp3) is 0.474. The van der Waals surface area contributed by atoms with E-state index in [1.54, 1.807) is 0 Å². The van der Waals surface area contributed by atoms with Gasteiger partial charge < -0.3 is 9.88 Å². The maximum absolute atomic E-state index is 12.4. The number of nitriles is 1. The average Bonchev–Trinajstić information content (AvgIpc) is 2.69. The number of nitrogens with zero attached hydrogens (tertiary/aromatic N) is 2. The van der Waals surface area contributed by atoms with Crippen molar-refractivity contribution in [3.63, 3.8) is 0 Å². The zero-order valence-corrected chi connectivity index (χ0v) is 14.0. The van der Waals surface area contributed by atoms with Crippen molar-refractivity contribution < 1.29 is 4.79 Å². The molecule has 4 heteroatoms. The highest BCUT2D eigenvalue weighted by atomic mass is 16.1. The van der Waals surface area contributed by atoms with E-state index in [0.717, 1.165) is 23.7 Å². The van der Waals surface area contributed by atoms with Crippen LogP contribution in [0.15, 0.2) is 24.3 Å². The maximum atomic E-state index is 12.4. The first-order valence-corrected chi connectivity index (χ1v) is 8.23. The minimum Gasteiger partial charge on any atom is -0.323 e. The molecule has 120 valence electrons. The summed E-state index contributed by atoms with van der Waals surface area (Å²) >= 11 is 0. The SMILES string of the molecule is CC(C)(C)CC(=O)Nc1c(C#N)c2ccccc2n1C1CCC1. The number of rotatable bonds is 3. The van der Waals surface area contributed by atoms with Gasteiger partial charge in [-0.3, -0.25) is 4.79 Å². The van der Waals surface area contributed by atoms with Crippen LogP contribution in [-0.4, -0.2) is 10.5 Å². The van der Waals surface area contributed by atoms with Gasteiger partial charge in [0.05, 0.1) is 5.52 Å². The van der Waals surface area contributed by atoms with Gasteiger partial charge in [-0.15, -0.1) is 0 Å². The molecule has 1 heterocycles. The lowest BCUT2D eigenvalue weighted by Crippen LogP contribution is -2.24. The molecule has 1 aliphatic rings. The van der Waals surface area contributed by atoms with Crippen LogP contribution in [0.4, 0.5) is 5.82 Å². The first-order valence-electron chi connectivity index (χ1n) is 8.23. The Hall–Kier alpha value is -2.28. The molecule has 1 aromatic carbocycles. The van der Waals surface area contributed by atoms with Crippen LogP contribution < -0.4 is 5.32 Å². The van der Waals surface area contributed by atoms with Gasteiger partial charge in [0, 0.05) is 17.8 Å². The number of amides is 1.